The van der Waals surface area contributed by atoms with Crippen molar-refractivity contribution >= 4 is 15.9 Å². The van der Waals surface area contributed by atoms with Crippen LogP contribution >= 0.6 is 15.9 Å². The van der Waals surface area contributed by atoms with E-state index in [2.05, 4.69) is 22.9 Å². The highest BCUT2D eigenvalue weighted by Gasteiger charge is 2.02. The molecule has 92 valence electrons. The summed E-state index contributed by atoms with van der Waals surface area (Å²) in [4.78, 5) is 0. The van der Waals surface area contributed by atoms with Crippen LogP contribution in [0.2, 0.25) is 0 Å². The zero-order valence-electron chi connectivity index (χ0n) is 10.2. The molecular weight excluding hydrogens is 252 g/mol. The van der Waals surface area contributed by atoms with Crippen LogP contribution in [0.25, 0.3) is 0 Å². The summed E-state index contributed by atoms with van der Waals surface area (Å²) in [5, 5.41) is 10.8. The van der Waals surface area contributed by atoms with E-state index >= 15 is 0 Å². The lowest BCUT2D eigenvalue weighted by Gasteiger charge is -2.09. The number of hydrogen-bond donors (Lipinski definition) is 1. The molecule has 0 aliphatic rings. The lowest BCUT2D eigenvalue weighted by molar-refractivity contribution is 0.147. The summed E-state index contributed by atoms with van der Waals surface area (Å²) in [7, 11) is 0. The Morgan fingerprint density at radius 1 is 0.867 bits per heavy atom. The minimum atomic E-state index is -0.0363. The van der Waals surface area contributed by atoms with E-state index in [4.69, 9.17) is 0 Å². The van der Waals surface area contributed by atoms with Crippen LogP contribution in [-0.2, 0) is 0 Å². The SMILES string of the molecule is CCCCCCC(O)CCCCCCBr. The molecule has 0 aromatic rings. The predicted molar refractivity (Wildman–Crippen MR) is 71.6 cm³/mol. The molecule has 0 aromatic carbocycles. The largest absolute Gasteiger partial charge is 0.393 e. The molecule has 15 heavy (non-hydrogen) atoms. The summed E-state index contributed by atoms with van der Waals surface area (Å²) in [6.45, 7) is 2.22. The average Bonchev–Trinajstić information content (AvgIpc) is 2.24. The van der Waals surface area contributed by atoms with Gasteiger partial charge in [0, 0.05) is 5.33 Å². The molecule has 0 saturated carbocycles. The van der Waals surface area contributed by atoms with Gasteiger partial charge in [-0.3, -0.25) is 0 Å². The smallest absolute Gasteiger partial charge is 0.0540 e. The Bertz CT molecular complexity index is 117. The van der Waals surface area contributed by atoms with Crippen LogP contribution < -0.4 is 0 Å². The zero-order valence-corrected chi connectivity index (χ0v) is 11.8. The van der Waals surface area contributed by atoms with Crippen molar-refractivity contribution in [3.05, 3.63) is 0 Å². The minimum Gasteiger partial charge on any atom is -0.393 e. The molecule has 0 saturated heterocycles. The third kappa shape index (κ3) is 12.4. The predicted octanol–water partition coefficient (Wildman–Crippen LogP) is 4.66. The van der Waals surface area contributed by atoms with E-state index in [1.165, 1.54) is 51.4 Å². The van der Waals surface area contributed by atoms with E-state index < -0.39 is 0 Å². The lowest BCUT2D eigenvalue weighted by atomic mass is 10.0. The number of hydrogen-bond acceptors (Lipinski definition) is 1. The fourth-order valence-electron chi connectivity index (χ4n) is 1.78. The molecule has 0 amide bonds. The monoisotopic (exact) mass is 278 g/mol. The van der Waals surface area contributed by atoms with Gasteiger partial charge in [-0.15, -0.1) is 0 Å². The van der Waals surface area contributed by atoms with Gasteiger partial charge in [0.05, 0.1) is 6.10 Å². The van der Waals surface area contributed by atoms with Crippen LogP contribution in [0.5, 0.6) is 0 Å². The van der Waals surface area contributed by atoms with Gasteiger partial charge in [-0.2, -0.15) is 0 Å². The second-order valence-corrected chi connectivity index (χ2v) is 5.19. The van der Waals surface area contributed by atoms with Crippen molar-refractivity contribution in [2.75, 3.05) is 5.33 Å². The maximum absolute atomic E-state index is 9.70. The summed E-state index contributed by atoms with van der Waals surface area (Å²) in [6.07, 6.45) is 12.1. The zero-order chi connectivity index (χ0) is 11.4. The number of aliphatic hydroxyl groups is 1. The van der Waals surface area contributed by atoms with E-state index in [9.17, 15) is 5.11 Å². The third-order valence-electron chi connectivity index (χ3n) is 2.81. The first-order valence-corrected chi connectivity index (χ1v) is 7.67. The molecule has 0 rings (SSSR count). The Balaban J connectivity index is 3.08. The van der Waals surface area contributed by atoms with Gasteiger partial charge in [-0.1, -0.05) is 67.8 Å². The quantitative estimate of drug-likeness (QED) is 0.430. The van der Waals surface area contributed by atoms with Gasteiger partial charge in [0.2, 0.25) is 0 Å². The highest BCUT2D eigenvalue weighted by molar-refractivity contribution is 9.09. The number of aliphatic hydroxyl groups excluding tert-OH is 1. The topological polar surface area (TPSA) is 20.2 Å². The summed E-state index contributed by atoms with van der Waals surface area (Å²) >= 11 is 3.43. The second kappa shape index (κ2) is 12.5. The van der Waals surface area contributed by atoms with Gasteiger partial charge in [0.25, 0.3) is 0 Å². The molecule has 0 aliphatic heterocycles. The van der Waals surface area contributed by atoms with Gasteiger partial charge in [0.1, 0.15) is 0 Å². The fourth-order valence-corrected chi connectivity index (χ4v) is 2.18. The molecule has 0 bridgehead atoms. The van der Waals surface area contributed by atoms with Gasteiger partial charge in [0.15, 0.2) is 0 Å². The van der Waals surface area contributed by atoms with Crippen molar-refractivity contribution in [1.29, 1.82) is 0 Å². The second-order valence-electron chi connectivity index (χ2n) is 4.40. The number of unbranched alkanes of at least 4 members (excludes halogenated alkanes) is 6. The Kier molecular flexibility index (Phi) is 12.9. The molecule has 0 aliphatic carbocycles. The molecule has 1 unspecified atom stereocenters. The van der Waals surface area contributed by atoms with E-state index in [0.29, 0.717) is 0 Å². The van der Waals surface area contributed by atoms with Gasteiger partial charge in [-0.25, -0.2) is 0 Å². The van der Waals surface area contributed by atoms with Gasteiger partial charge in [-0.05, 0) is 19.3 Å². The van der Waals surface area contributed by atoms with Crippen molar-refractivity contribution in [3.8, 4) is 0 Å². The van der Waals surface area contributed by atoms with Crippen LogP contribution in [0.15, 0.2) is 0 Å². The van der Waals surface area contributed by atoms with Crippen molar-refractivity contribution < 1.29 is 5.11 Å². The average molecular weight is 279 g/mol. The highest BCUT2D eigenvalue weighted by atomic mass is 79.9. The summed E-state index contributed by atoms with van der Waals surface area (Å²) in [5.41, 5.74) is 0. The Morgan fingerprint density at radius 3 is 1.93 bits per heavy atom. The first kappa shape index (κ1) is 15.4. The van der Waals surface area contributed by atoms with Crippen molar-refractivity contribution in [2.24, 2.45) is 0 Å². The molecular formula is C13H27BrO. The van der Waals surface area contributed by atoms with E-state index in [1.807, 2.05) is 0 Å². The molecule has 0 fully saturated rings. The van der Waals surface area contributed by atoms with Gasteiger partial charge < -0.3 is 5.11 Å². The minimum absolute atomic E-state index is 0.0363. The normalized spacial score (nSPS) is 13.0. The Hall–Kier alpha value is 0.440. The van der Waals surface area contributed by atoms with Crippen LogP contribution in [0.1, 0.15) is 71.1 Å². The number of rotatable bonds is 11. The van der Waals surface area contributed by atoms with E-state index in [-0.39, 0.29) is 6.10 Å². The van der Waals surface area contributed by atoms with Crippen molar-refractivity contribution in [2.45, 2.75) is 77.2 Å². The van der Waals surface area contributed by atoms with Crippen LogP contribution in [0.3, 0.4) is 0 Å². The lowest BCUT2D eigenvalue weighted by Crippen LogP contribution is -2.05. The third-order valence-corrected chi connectivity index (χ3v) is 3.37. The molecule has 0 heterocycles. The molecule has 1 atom stereocenters. The highest BCUT2D eigenvalue weighted by Crippen LogP contribution is 2.12. The summed E-state index contributed by atoms with van der Waals surface area (Å²) in [5.74, 6) is 0. The standard InChI is InChI=1S/C13H27BrO/c1-2-3-4-7-10-13(15)11-8-5-6-9-12-14/h13,15H,2-12H2,1H3. The van der Waals surface area contributed by atoms with Crippen LogP contribution in [-0.4, -0.2) is 16.5 Å². The van der Waals surface area contributed by atoms with E-state index in [0.717, 1.165) is 18.2 Å². The Labute approximate surface area is 104 Å². The maximum Gasteiger partial charge on any atom is 0.0540 e. The molecule has 1 N–H and O–H groups in total. The van der Waals surface area contributed by atoms with Crippen molar-refractivity contribution in [3.63, 3.8) is 0 Å². The summed E-state index contributed by atoms with van der Waals surface area (Å²) < 4.78 is 0. The Morgan fingerprint density at radius 2 is 1.40 bits per heavy atom. The summed E-state index contributed by atoms with van der Waals surface area (Å²) in [6, 6.07) is 0. The first-order valence-electron chi connectivity index (χ1n) is 6.55. The number of halogens is 1. The first-order chi connectivity index (χ1) is 7.31. The molecule has 1 nitrogen and oxygen atoms in total. The van der Waals surface area contributed by atoms with Gasteiger partial charge >= 0.3 is 0 Å². The van der Waals surface area contributed by atoms with Crippen LogP contribution in [0, 0.1) is 0 Å². The molecule has 0 aromatic heterocycles. The van der Waals surface area contributed by atoms with Crippen molar-refractivity contribution in [1.82, 2.24) is 0 Å². The molecule has 0 radical (unpaired) electrons. The fraction of sp³-hybridized carbons (Fsp3) is 1.00. The molecule has 2 heteroatoms. The van der Waals surface area contributed by atoms with E-state index in [1.54, 1.807) is 0 Å². The van der Waals surface area contributed by atoms with Crippen LogP contribution in [0.4, 0.5) is 0 Å². The maximum atomic E-state index is 9.70. The number of alkyl halides is 1. The molecule has 0 spiro atoms.